The first kappa shape index (κ1) is 30.1. The summed E-state index contributed by atoms with van der Waals surface area (Å²) in [6, 6.07) is 22.3. The predicted molar refractivity (Wildman–Crippen MR) is 197 cm³/mol. The summed E-state index contributed by atoms with van der Waals surface area (Å²) in [5.41, 5.74) is 11.4. The van der Waals surface area contributed by atoms with Gasteiger partial charge in [-0.05, 0) is 109 Å². The number of hydrogen-bond donors (Lipinski definition) is 1. The molecule has 4 aromatic carbocycles. The summed E-state index contributed by atoms with van der Waals surface area (Å²) in [5.74, 6) is 0. The van der Waals surface area contributed by atoms with Gasteiger partial charge >= 0.3 is 0 Å². The summed E-state index contributed by atoms with van der Waals surface area (Å²) in [7, 11) is 4.38. The molecule has 0 spiro atoms. The number of aryl methyl sites for hydroxylation is 1. The number of thiol groups is 1. The predicted octanol–water partition coefficient (Wildman–Crippen LogP) is 11.1. The zero-order valence-electron chi connectivity index (χ0n) is 27.4. The van der Waals surface area contributed by atoms with Gasteiger partial charge in [0.2, 0.25) is 5.69 Å². The molecule has 2 aliphatic heterocycles. The third-order valence-electron chi connectivity index (χ3n) is 10.5. The molecule has 45 heavy (non-hydrogen) atoms. The normalized spacial score (nSPS) is 20.9. The van der Waals surface area contributed by atoms with Gasteiger partial charge in [0.05, 0.1) is 5.41 Å². The zero-order valence-corrected chi connectivity index (χ0v) is 29.1. The summed E-state index contributed by atoms with van der Waals surface area (Å²) >= 11 is 11.8. The number of anilines is 1. The van der Waals surface area contributed by atoms with Crippen molar-refractivity contribution in [3.05, 3.63) is 124 Å². The van der Waals surface area contributed by atoms with Crippen molar-refractivity contribution in [2.45, 2.75) is 69.6 Å². The minimum absolute atomic E-state index is 0.119. The van der Waals surface area contributed by atoms with Gasteiger partial charge in [0.25, 0.3) is 0 Å². The fraction of sp³-hybridized carbons (Fsp3) is 0.293. The third kappa shape index (κ3) is 4.73. The molecule has 0 N–H and O–H groups in total. The van der Waals surface area contributed by atoms with Gasteiger partial charge in [-0.15, -0.1) is 12.6 Å². The molecule has 0 atom stereocenters. The molecule has 0 saturated carbocycles. The molecule has 228 valence electrons. The van der Waals surface area contributed by atoms with Crippen LogP contribution < -0.4 is 4.90 Å². The van der Waals surface area contributed by atoms with E-state index >= 15 is 0 Å². The number of benzene rings is 4. The molecule has 4 heteroatoms. The van der Waals surface area contributed by atoms with E-state index in [1.165, 1.54) is 72.2 Å². The minimum Gasteiger partial charge on any atom is -0.347 e. The van der Waals surface area contributed by atoms with E-state index in [-0.39, 0.29) is 10.8 Å². The molecule has 0 fully saturated rings. The number of rotatable bonds is 3. The molecule has 4 aromatic rings. The Kier molecular flexibility index (Phi) is 7.22. The van der Waals surface area contributed by atoms with Crippen LogP contribution in [0.3, 0.4) is 0 Å². The fourth-order valence-corrected chi connectivity index (χ4v) is 8.71. The van der Waals surface area contributed by atoms with Gasteiger partial charge in [0, 0.05) is 51.5 Å². The van der Waals surface area contributed by atoms with Gasteiger partial charge in [-0.25, -0.2) is 0 Å². The van der Waals surface area contributed by atoms with E-state index in [1.807, 2.05) is 0 Å². The summed E-state index contributed by atoms with van der Waals surface area (Å²) in [4.78, 5) is 3.34. The highest BCUT2D eigenvalue weighted by Gasteiger charge is 2.44. The van der Waals surface area contributed by atoms with E-state index in [4.69, 9.17) is 11.6 Å². The van der Waals surface area contributed by atoms with Crippen LogP contribution in [0, 0.1) is 6.92 Å². The Balaban J connectivity index is 1.22. The number of halogens is 1. The maximum Gasteiger partial charge on any atom is 0.210 e. The van der Waals surface area contributed by atoms with Gasteiger partial charge in [-0.3, -0.25) is 0 Å². The molecule has 7 rings (SSSR count). The van der Waals surface area contributed by atoms with Gasteiger partial charge < -0.3 is 4.90 Å². The van der Waals surface area contributed by atoms with Crippen molar-refractivity contribution in [3.8, 4) is 0 Å². The fourth-order valence-electron chi connectivity index (χ4n) is 8.18. The Morgan fingerprint density at radius 1 is 0.822 bits per heavy atom. The van der Waals surface area contributed by atoms with Crippen LogP contribution in [0.4, 0.5) is 11.4 Å². The lowest BCUT2D eigenvalue weighted by Crippen LogP contribution is -2.27. The Bertz CT molecular complexity index is 2090. The van der Waals surface area contributed by atoms with Crippen LogP contribution in [0.25, 0.3) is 21.5 Å². The summed E-state index contributed by atoms with van der Waals surface area (Å²) in [6.45, 7) is 11.5. The third-order valence-corrected chi connectivity index (χ3v) is 11.2. The van der Waals surface area contributed by atoms with Crippen molar-refractivity contribution < 1.29 is 4.58 Å². The van der Waals surface area contributed by atoms with E-state index in [9.17, 15) is 0 Å². The number of hydrogen-bond acceptors (Lipinski definition) is 2. The van der Waals surface area contributed by atoms with E-state index in [2.05, 4.69) is 156 Å². The molecular weight excluding hydrogens is 588 g/mol. The molecule has 0 aromatic heterocycles. The van der Waals surface area contributed by atoms with E-state index in [0.29, 0.717) is 0 Å². The van der Waals surface area contributed by atoms with Crippen molar-refractivity contribution in [3.63, 3.8) is 0 Å². The lowest BCUT2D eigenvalue weighted by atomic mass is 9.78. The molecule has 0 radical (unpaired) electrons. The Labute approximate surface area is 278 Å². The standard InChI is InChI=1S/C41H41ClN2S/c1-25-11-17-31-28(23-25)12-19-33-37(31)40(2,3)35(43(33)6)21-14-26-9-8-10-27(39(26)42)15-22-36-41(4,5)38-32-18-16-30(45)24-29(32)13-20-34(38)44(36)7/h11-24H,8-10H2,1-7H3/p+1. The average molecular weight is 630 g/mol. The lowest BCUT2D eigenvalue weighted by Gasteiger charge is -2.25. The number of allylic oxidation sites excluding steroid dienone is 8. The van der Waals surface area contributed by atoms with Crippen LogP contribution in [-0.2, 0) is 10.8 Å². The highest BCUT2D eigenvalue weighted by atomic mass is 35.5. The first-order valence-electron chi connectivity index (χ1n) is 16.0. The lowest BCUT2D eigenvalue weighted by molar-refractivity contribution is -0.401. The van der Waals surface area contributed by atoms with Crippen LogP contribution in [0.5, 0.6) is 0 Å². The molecule has 1 aliphatic carbocycles. The van der Waals surface area contributed by atoms with Gasteiger partial charge in [0.1, 0.15) is 7.05 Å². The second kappa shape index (κ2) is 10.8. The first-order chi connectivity index (χ1) is 21.4. The minimum atomic E-state index is -0.139. The number of fused-ring (bicyclic) bond motifs is 6. The molecule has 0 amide bonds. The summed E-state index contributed by atoms with van der Waals surface area (Å²) in [6.07, 6.45) is 12.2. The van der Waals surface area contributed by atoms with E-state index < -0.39 is 0 Å². The van der Waals surface area contributed by atoms with Crippen molar-refractivity contribution in [2.75, 3.05) is 19.0 Å². The average Bonchev–Trinajstić information content (AvgIpc) is 3.32. The molecular formula is C41H42ClN2S+. The topological polar surface area (TPSA) is 6.25 Å². The second-order valence-electron chi connectivity index (χ2n) is 14.1. The van der Waals surface area contributed by atoms with Crippen molar-refractivity contribution >= 4 is 62.9 Å². The van der Waals surface area contributed by atoms with Crippen LogP contribution in [-0.4, -0.2) is 24.4 Å². The number of likely N-dealkylation sites (N-methyl/N-ethyl adjacent to an activating group) is 1. The second-order valence-corrected chi connectivity index (χ2v) is 15.0. The Morgan fingerprint density at radius 2 is 1.53 bits per heavy atom. The molecule has 3 aliphatic rings. The quantitative estimate of drug-likeness (QED) is 0.175. The Hall–Kier alpha value is -3.53. The monoisotopic (exact) mass is 629 g/mol. The highest BCUT2D eigenvalue weighted by molar-refractivity contribution is 7.80. The Morgan fingerprint density at radius 3 is 2.33 bits per heavy atom. The molecule has 2 nitrogen and oxygen atoms in total. The van der Waals surface area contributed by atoms with Gasteiger partial charge in [-0.2, -0.15) is 4.58 Å². The van der Waals surface area contributed by atoms with Crippen molar-refractivity contribution in [2.24, 2.45) is 0 Å². The van der Waals surface area contributed by atoms with E-state index in [1.54, 1.807) is 0 Å². The largest absolute Gasteiger partial charge is 0.347 e. The van der Waals surface area contributed by atoms with Crippen LogP contribution >= 0.6 is 24.2 Å². The molecule has 0 bridgehead atoms. The van der Waals surface area contributed by atoms with Crippen LogP contribution in [0.15, 0.2) is 112 Å². The zero-order chi connectivity index (χ0) is 31.8. The summed E-state index contributed by atoms with van der Waals surface area (Å²) < 4.78 is 2.36. The van der Waals surface area contributed by atoms with E-state index in [0.717, 1.165) is 29.2 Å². The highest BCUT2D eigenvalue weighted by Crippen LogP contribution is 2.50. The number of nitrogens with zero attached hydrogens (tertiary/aromatic N) is 2. The molecule has 2 heterocycles. The van der Waals surface area contributed by atoms with Crippen molar-refractivity contribution in [1.29, 1.82) is 0 Å². The molecule has 0 unspecified atom stereocenters. The summed E-state index contributed by atoms with van der Waals surface area (Å²) in [5, 5.41) is 6.07. The van der Waals surface area contributed by atoms with Gasteiger partial charge in [-0.1, -0.05) is 73.5 Å². The molecule has 0 saturated heterocycles. The smallest absolute Gasteiger partial charge is 0.210 e. The maximum absolute atomic E-state index is 7.19. The van der Waals surface area contributed by atoms with Crippen LogP contribution in [0.2, 0.25) is 0 Å². The van der Waals surface area contributed by atoms with Gasteiger partial charge in [0.15, 0.2) is 5.71 Å². The first-order valence-corrected chi connectivity index (χ1v) is 16.9. The van der Waals surface area contributed by atoms with Crippen molar-refractivity contribution in [1.82, 2.24) is 0 Å². The SMILES string of the molecule is Cc1ccc2c3c(ccc2c1)[N+](C)=C(C=CC1=C(Cl)C(=CC=C2N(C)c4ccc5cc(S)ccc5c4C2(C)C)CCC1)C3(C)C. The van der Waals surface area contributed by atoms with Crippen LogP contribution in [0.1, 0.15) is 63.6 Å². The maximum atomic E-state index is 7.19.